The van der Waals surface area contributed by atoms with Gasteiger partial charge in [-0.25, -0.2) is 13.1 Å². The molecule has 3 rings (SSSR count). The SMILES string of the molecule is CN1[C@H](CCO)C[C@H](NS(C)(=O)=O)[C@@H]1CO[C@H]1CC[C@@H](c2ccccc2)CC1. The molecule has 0 unspecified atom stereocenters. The fourth-order valence-corrected chi connectivity index (χ4v) is 5.60. The van der Waals surface area contributed by atoms with Crippen molar-refractivity contribution < 1.29 is 18.3 Å². The molecule has 1 saturated heterocycles. The summed E-state index contributed by atoms with van der Waals surface area (Å²) in [6.07, 6.45) is 7.15. The normalized spacial score (nSPS) is 31.9. The van der Waals surface area contributed by atoms with E-state index in [1.807, 2.05) is 7.05 Å². The van der Waals surface area contributed by atoms with Gasteiger partial charge in [0.2, 0.25) is 10.0 Å². The third-order valence-electron chi connectivity index (χ3n) is 6.37. The predicted octanol–water partition coefficient (Wildman–Crippen LogP) is 2.10. The number of likely N-dealkylation sites (tertiary alicyclic amines) is 1. The molecule has 1 heterocycles. The highest BCUT2D eigenvalue weighted by molar-refractivity contribution is 7.88. The van der Waals surface area contributed by atoms with Crippen LogP contribution in [0.5, 0.6) is 0 Å². The van der Waals surface area contributed by atoms with Gasteiger partial charge in [0.15, 0.2) is 0 Å². The lowest BCUT2D eigenvalue weighted by atomic mass is 9.83. The lowest BCUT2D eigenvalue weighted by Gasteiger charge is -2.32. The first-order chi connectivity index (χ1) is 13.4. The summed E-state index contributed by atoms with van der Waals surface area (Å²) in [5.41, 5.74) is 1.42. The molecule has 0 bridgehead atoms. The van der Waals surface area contributed by atoms with Crippen LogP contribution < -0.4 is 4.72 Å². The number of aliphatic hydroxyl groups excluding tert-OH is 1. The molecule has 2 N–H and O–H groups in total. The molecule has 3 atom stereocenters. The van der Waals surface area contributed by atoms with Crippen molar-refractivity contribution in [1.82, 2.24) is 9.62 Å². The van der Waals surface area contributed by atoms with Gasteiger partial charge in [-0.3, -0.25) is 4.90 Å². The molecule has 158 valence electrons. The van der Waals surface area contributed by atoms with Crippen LogP contribution in [0, 0.1) is 0 Å². The highest BCUT2D eigenvalue weighted by atomic mass is 32.2. The molecule has 6 nitrogen and oxygen atoms in total. The maximum absolute atomic E-state index is 11.8. The lowest BCUT2D eigenvalue weighted by molar-refractivity contribution is -0.00669. The molecule has 7 heteroatoms. The third-order valence-corrected chi connectivity index (χ3v) is 7.10. The van der Waals surface area contributed by atoms with E-state index in [1.165, 1.54) is 11.8 Å². The number of likely N-dealkylation sites (N-methyl/N-ethyl adjacent to an activating group) is 1. The number of hydrogen-bond acceptors (Lipinski definition) is 5. The minimum absolute atomic E-state index is 0.00174. The smallest absolute Gasteiger partial charge is 0.209 e. The van der Waals surface area contributed by atoms with Gasteiger partial charge < -0.3 is 9.84 Å². The molecule has 0 amide bonds. The van der Waals surface area contributed by atoms with Gasteiger partial charge in [0, 0.05) is 24.7 Å². The van der Waals surface area contributed by atoms with Crippen molar-refractivity contribution in [1.29, 1.82) is 0 Å². The number of ether oxygens (including phenoxy) is 1. The zero-order chi connectivity index (χ0) is 20.1. The Morgan fingerprint density at radius 3 is 2.46 bits per heavy atom. The summed E-state index contributed by atoms with van der Waals surface area (Å²) in [6.45, 7) is 0.629. The van der Waals surface area contributed by atoms with Crippen LogP contribution in [0.15, 0.2) is 30.3 Å². The molecule has 1 saturated carbocycles. The summed E-state index contributed by atoms with van der Waals surface area (Å²) in [6, 6.07) is 10.7. The molecular formula is C21H34N2O4S. The van der Waals surface area contributed by atoms with Crippen LogP contribution in [-0.4, -0.2) is 69.2 Å². The highest BCUT2D eigenvalue weighted by Crippen LogP contribution is 2.34. The Kier molecular flexibility index (Phi) is 7.50. The Hall–Kier alpha value is -0.990. The molecule has 0 aromatic heterocycles. The van der Waals surface area contributed by atoms with Crippen molar-refractivity contribution in [2.24, 2.45) is 0 Å². The van der Waals surface area contributed by atoms with Crippen LogP contribution in [0.1, 0.15) is 50.0 Å². The Morgan fingerprint density at radius 2 is 1.86 bits per heavy atom. The van der Waals surface area contributed by atoms with E-state index in [1.54, 1.807) is 0 Å². The van der Waals surface area contributed by atoms with Gasteiger partial charge in [0.05, 0.1) is 19.0 Å². The number of sulfonamides is 1. The molecule has 2 fully saturated rings. The van der Waals surface area contributed by atoms with Gasteiger partial charge in [-0.15, -0.1) is 0 Å². The zero-order valence-electron chi connectivity index (χ0n) is 17.0. The fourth-order valence-electron chi connectivity index (χ4n) is 4.80. The molecule has 1 aliphatic heterocycles. The van der Waals surface area contributed by atoms with Crippen LogP contribution in [0.25, 0.3) is 0 Å². The van der Waals surface area contributed by atoms with Gasteiger partial charge in [0.25, 0.3) is 0 Å². The Labute approximate surface area is 169 Å². The molecule has 0 radical (unpaired) electrons. The monoisotopic (exact) mass is 410 g/mol. The first kappa shape index (κ1) is 21.7. The Balaban J connectivity index is 1.53. The molecular weight excluding hydrogens is 376 g/mol. The van der Waals surface area contributed by atoms with E-state index in [0.717, 1.165) is 25.7 Å². The number of aliphatic hydroxyl groups is 1. The Morgan fingerprint density at radius 1 is 1.18 bits per heavy atom. The predicted molar refractivity (Wildman–Crippen MR) is 111 cm³/mol. The summed E-state index contributed by atoms with van der Waals surface area (Å²) >= 11 is 0. The number of nitrogens with zero attached hydrogens (tertiary/aromatic N) is 1. The van der Waals surface area contributed by atoms with Crippen LogP contribution in [0.3, 0.4) is 0 Å². The average molecular weight is 411 g/mol. The van der Waals surface area contributed by atoms with Gasteiger partial charge in [-0.2, -0.15) is 0 Å². The van der Waals surface area contributed by atoms with Crippen LogP contribution in [0.4, 0.5) is 0 Å². The van der Waals surface area contributed by atoms with E-state index in [0.29, 0.717) is 25.4 Å². The summed E-state index contributed by atoms with van der Waals surface area (Å²) in [7, 11) is -1.27. The first-order valence-corrected chi connectivity index (χ1v) is 12.2. The van der Waals surface area contributed by atoms with Gasteiger partial charge >= 0.3 is 0 Å². The van der Waals surface area contributed by atoms with Crippen molar-refractivity contribution in [3.8, 4) is 0 Å². The molecule has 0 spiro atoms. The molecule has 2 aliphatic rings. The van der Waals surface area contributed by atoms with Gasteiger partial charge in [0.1, 0.15) is 0 Å². The van der Waals surface area contributed by atoms with E-state index in [2.05, 4.69) is 40.0 Å². The number of hydrogen-bond donors (Lipinski definition) is 2. The second kappa shape index (κ2) is 9.67. The zero-order valence-corrected chi connectivity index (χ0v) is 17.8. The van der Waals surface area contributed by atoms with Gasteiger partial charge in [-0.05, 0) is 57.1 Å². The second-order valence-corrected chi connectivity index (χ2v) is 10.1. The molecule has 1 aromatic carbocycles. The minimum Gasteiger partial charge on any atom is -0.396 e. The van der Waals surface area contributed by atoms with Crippen molar-refractivity contribution in [2.45, 2.75) is 68.7 Å². The number of rotatable bonds is 8. The lowest BCUT2D eigenvalue weighted by Crippen LogP contribution is -2.47. The average Bonchev–Trinajstić information content (AvgIpc) is 2.94. The summed E-state index contributed by atoms with van der Waals surface area (Å²) in [4.78, 5) is 2.18. The topological polar surface area (TPSA) is 78.9 Å². The van der Waals surface area contributed by atoms with Crippen molar-refractivity contribution >= 4 is 10.0 Å². The summed E-state index contributed by atoms with van der Waals surface area (Å²) in [5, 5.41) is 9.31. The quantitative estimate of drug-likeness (QED) is 0.686. The van der Waals surface area contributed by atoms with E-state index < -0.39 is 10.0 Å². The number of benzene rings is 1. The Bertz CT molecular complexity index is 704. The third kappa shape index (κ3) is 5.76. The van der Waals surface area contributed by atoms with Gasteiger partial charge in [-0.1, -0.05) is 30.3 Å². The maximum Gasteiger partial charge on any atom is 0.209 e. The summed E-state index contributed by atoms with van der Waals surface area (Å²) in [5.74, 6) is 0.615. The van der Waals surface area contributed by atoms with Crippen LogP contribution in [0.2, 0.25) is 0 Å². The van der Waals surface area contributed by atoms with Crippen molar-refractivity contribution in [2.75, 3.05) is 26.5 Å². The molecule has 1 aromatic rings. The highest BCUT2D eigenvalue weighted by Gasteiger charge is 2.40. The largest absolute Gasteiger partial charge is 0.396 e. The van der Waals surface area contributed by atoms with Crippen molar-refractivity contribution in [3.05, 3.63) is 35.9 Å². The van der Waals surface area contributed by atoms with E-state index in [4.69, 9.17) is 4.74 Å². The van der Waals surface area contributed by atoms with E-state index >= 15 is 0 Å². The summed E-state index contributed by atoms with van der Waals surface area (Å²) < 4.78 is 32.5. The first-order valence-electron chi connectivity index (χ1n) is 10.3. The minimum atomic E-state index is -3.28. The molecule has 28 heavy (non-hydrogen) atoms. The van der Waals surface area contributed by atoms with E-state index in [9.17, 15) is 13.5 Å². The van der Waals surface area contributed by atoms with Crippen LogP contribution in [-0.2, 0) is 14.8 Å². The number of nitrogens with one attached hydrogen (secondary N) is 1. The fraction of sp³-hybridized carbons (Fsp3) is 0.714. The van der Waals surface area contributed by atoms with Crippen LogP contribution >= 0.6 is 0 Å². The maximum atomic E-state index is 11.8. The van der Waals surface area contributed by atoms with Crippen molar-refractivity contribution in [3.63, 3.8) is 0 Å². The standard InChI is InChI=1S/C21H34N2O4S/c1-23-18(12-13-24)14-20(22-28(2,25)26)21(23)15-27-19-10-8-17(9-11-19)16-6-4-3-5-7-16/h3-7,17-22,24H,8-15H2,1-2H3/t17-,18-,19+,20+,21+/m1/s1. The molecule has 1 aliphatic carbocycles. The van der Waals surface area contributed by atoms with E-state index in [-0.39, 0.29) is 30.8 Å². The second-order valence-electron chi connectivity index (χ2n) is 8.35.